The molecule has 0 aliphatic carbocycles. The molecule has 1 heterocycles. The van der Waals surface area contributed by atoms with Gasteiger partial charge in [-0.15, -0.1) is 0 Å². The standard InChI is InChI=1S/C13H25N5O/c1-6-15-12(19)9-18(7-2)13-11(8-14-4)10(3)16-17(13)5/h14H,6-9H2,1-5H3,(H,15,19). The van der Waals surface area contributed by atoms with Gasteiger partial charge >= 0.3 is 0 Å². The van der Waals surface area contributed by atoms with Gasteiger partial charge < -0.3 is 15.5 Å². The number of aryl methyl sites for hydroxylation is 2. The molecule has 0 aliphatic rings. The first-order chi connectivity index (χ1) is 9.04. The summed E-state index contributed by atoms with van der Waals surface area (Å²) < 4.78 is 1.85. The highest BCUT2D eigenvalue weighted by Gasteiger charge is 2.19. The van der Waals surface area contributed by atoms with E-state index >= 15 is 0 Å². The first-order valence-corrected chi connectivity index (χ1v) is 6.73. The Morgan fingerprint density at radius 1 is 1.42 bits per heavy atom. The molecule has 6 nitrogen and oxygen atoms in total. The fourth-order valence-electron chi connectivity index (χ4n) is 2.23. The molecular weight excluding hydrogens is 242 g/mol. The molecule has 0 aromatic carbocycles. The molecule has 0 bridgehead atoms. The van der Waals surface area contributed by atoms with Crippen molar-refractivity contribution in [3.05, 3.63) is 11.3 Å². The minimum absolute atomic E-state index is 0.0404. The van der Waals surface area contributed by atoms with Gasteiger partial charge in [-0.3, -0.25) is 9.48 Å². The van der Waals surface area contributed by atoms with E-state index in [-0.39, 0.29) is 5.91 Å². The normalized spacial score (nSPS) is 10.6. The molecule has 1 rings (SSSR count). The van der Waals surface area contributed by atoms with Gasteiger partial charge in [0.2, 0.25) is 5.91 Å². The second-order valence-corrected chi connectivity index (χ2v) is 4.51. The number of anilines is 1. The van der Waals surface area contributed by atoms with Crippen LogP contribution in [-0.4, -0.2) is 42.4 Å². The Bertz CT molecular complexity index is 427. The molecule has 1 aromatic rings. The number of nitrogens with zero attached hydrogens (tertiary/aromatic N) is 3. The van der Waals surface area contributed by atoms with E-state index in [9.17, 15) is 4.79 Å². The molecule has 2 N–H and O–H groups in total. The monoisotopic (exact) mass is 267 g/mol. The van der Waals surface area contributed by atoms with Gasteiger partial charge in [-0.1, -0.05) is 0 Å². The summed E-state index contributed by atoms with van der Waals surface area (Å²) in [5.74, 6) is 1.05. The smallest absolute Gasteiger partial charge is 0.239 e. The summed E-state index contributed by atoms with van der Waals surface area (Å²) in [6.07, 6.45) is 0. The summed E-state index contributed by atoms with van der Waals surface area (Å²) in [4.78, 5) is 13.8. The van der Waals surface area contributed by atoms with E-state index in [1.54, 1.807) is 0 Å². The molecule has 0 aliphatic heterocycles. The van der Waals surface area contributed by atoms with Crippen LogP contribution in [0.5, 0.6) is 0 Å². The first kappa shape index (κ1) is 15.5. The fraction of sp³-hybridized carbons (Fsp3) is 0.692. The molecule has 0 saturated heterocycles. The third-order valence-corrected chi connectivity index (χ3v) is 3.06. The number of likely N-dealkylation sites (N-methyl/N-ethyl adjacent to an activating group) is 2. The average molecular weight is 267 g/mol. The molecule has 0 radical (unpaired) electrons. The van der Waals surface area contributed by atoms with Crippen LogP contribution in [0.15, 0.2) is 0 Å². The maximum absolute atomic E-state index is 11.8. The van der Waals surface area contributed by atoms with Crippen LogP contribution in [0, 0.1) is 6.92 Å². The number of aromatic nitrogens is 2. The second kappa shape index (κ2) is 7.13. The Morgan fingerprint density at radius 2 is 2.11 bits per heavy atom. The van der Waals surface area contributed by atoms with Crippen LogP contribution in [0.1, 0.15) is 25.1 Å². The minimum atomic E-state index is 0.0404. The molecule has 0 atom stereocenters. The third kappa shape index (κ3) is 3.70. The van der Waals surface area contributed by atoms with Crippen LogP contribution in [0.2, 0.25) is 0 Å². The van der Waals surface area contributed by atoms with Crippen molar-refractivity contribution in [1.82, 2.24) is 20.4 Å². The zero-order chi connectivity index (χ0) is 14.4. The maximum atomic E-state index is 11.8. The Kier molecular flexibility index (Phi) is 5.82. The predicted octanol–water partition coefficient (Wildman–Crippen LogP) is 0.410. The summed E-state index contributed by atoms with van der Waals surface area (Å²) in [7, 11) is 3.83. The molecule has 6 heteroatoms. The van der Waals surface area contributed by atoms with Gasteiger partial charge in [0, 0.05) is 32.2 Å². The van der Waals surface area contributed by atoms with Crippen molar-refractivity contribution < 1.29 is 4.79 Å². The summed E-state index contributed by atoms with van der Waals surface area (Å²) in [5, 5.41) is 10.4. The highest BCUT2D eigenvalue weighted by Crippen LogP contribution is 2.22. The molecule has 19 heavy (non-hydrogen) atoms. The Labute approximate surface area is 115 Å². The molecule has 0 unspecified atom stereocenters. The van der Waals surface area contributed by atoms with Gasteiger partial charge in [0.25, 0.3) is 0 Å². The molecular formula is C13H25N5O. The SMILES string of the molecule is CCNC(=O)CN(CC)c1c(CNC)c(C)nn1C. The van der Waals surface area contributed by atoms with Gasteiger partial charge in [-0.05, 0) is 27.8 Å². The van der Waals surface area contributed by atoms with Crippen molar-refractivity contribution in [1.29, 1.82) is 0 Å². The van der Waals surface area contributed by atoms with Crippen molar-refractivity contribution in [3.63, 3.8) is 0 Å². The lowest BCUT2D eigenvalue weighted by atomic mass is 10.2. The van der Waals surface area contributed by atoms with E-state index in [4.69, 9.17) is 0 Å². The van der Waals surface area contributed by atoms with E-state index in [0.29, 0.717) is 13.1 Å². The summed E-state index contributed by atoms with van der Waals surface area (Å²) in [6, 6.07) is 0. The van der Waals surface area contributed by atoms with Crippen LogP contribution in [0.25, 0.3) is 0 Å². The van der Waals surface area contributed by atoms with Gasteiger partial charge in [0.05, 0.1) is 12.2 Å². The van der Waals surface area contributed by atoms with E-state index in [1.807, 2.05) is 39.5 Å². The van der Waals surface area contributed by atoms with E-state index in [2.05, 4.69) is 20.6 Å². The molecule has 0 spiro atoms. The number of nitrogens with one attached hydrogen (secondary N) is 2. The quantitative estimate of drug-likeness (QED) is 0.751. The van der Waals surface area contributed by atoms with Crippen molar-refractivity contribution in [3.8, 4) is 0 Å². The van der Waals surface area contributed by atoms with Gasteiger partial charge in [-0.25, -0.2) is 0 Å². The number of carbonyl (C=O) groups excluding carboxylic acids is 1. The first-order valence-electron chi connectivity index (χ1n) is 6.73. The highest BCUT2D eigenvalue weighted by molar-refractivity contribution is 5.81. The van der Waals surface area contributed by atoms with E-state index in [1.165, 1.54) is 0 Å². The van der Waals surface area contributed by atoms with Crippen molar-refractivity contribution in [2.45, 2.75) is 27.3 Å². The minimum Gasteiger partial charge on any atom is -0.355 e. The number of hydrogen-bond acceptors (Lipinski definition) is 4. The Balaban J connectivity index is 3.00. The van der Waals surface area contributed by atoms with Crippen LogP contribution in [0.4, 0.5) is 5.82 Å². The molecule has 1 amide bonds. The highest BCUT2D eigenvalue weighted by atomic mass is 16.2. The van der Waals surface area contributed by atoms with Crippen molar-refractivity contribution in [2.75, 3.05) is 31.6 Å². The fourth-order valence-corrected chi connectivity index (χ4v) is 2.23. The molecule has 1 aromatic heterocycles. The largest absolute Gasteiger partial charge is 0.355 e. The predicted molar refractivity (Wildman–Crippen MR) is 77.3 cm³/mol. The summed E-state index contributed by atoms with van der Waals surface area (Å²) in [5.41, 5.74) is 2.15. The van der Waals surface area contributed by atoms with Crippen LogP contribution >= 0.6 is 0 Å². The van der Waals surface area contributed by atoms with Crippen molar-refractivity contribution in [2.24, 2.45) is 7.05 Å². The zero-order valence-electron chi connectivity index (χ0n) is 12.6. The van der Waals surface area contributed by atoms with Gasteiger partial charge in [0.1, 0.15) is 5.82 Å². The summed E-state index contributed by atoms with van der Waals surface area (Å²) in [6.45, 7) is 8.51. The zero-order valence-corrected chi connectivity index (χ0v) is 12.6. The molecule has 0 fully saturated rings. The van der Waals surface area contributed by atoms with Gasteiger partial charge in [0.15, 0.2) is 0 Å². The maximum Gasteiger partial charge on any atom is 0.239 e. The Morgan fingerprint density at radius 3 is 2.63 bits per heavy atom. The third-order valence-electron chi connectivity index (χ3n) is 3.06. The van der Waals surface area contributed by atoms with Gasteiger partial charge in [-0.2, -0.15) is 5.10 Å². The Hall–Kier alpha value is -1.56. The summed E-state index contributed by atoms with van der Waals surface area (Å²) >= 11 is 0. The van der Waals surface area contributed by atoms with Crippen LogP contribution in [0.3, 0.4) is 0 Å². The van der Waals surface area contributed by atoms with E-state index < -0.39 is 0 Å². The second-order valence-electron chi connectivity index (χ2n) is 4.51. The topological polar surface area (TPSA) is 62.2 Å². The lowest BCUT2D eigenvalue weighted by molar-refractivity contribution is -0.119. The average Bonchev–Trinajstić information content (AvgIpc) is 2.63. The van der Waals surface area contributed by atoms with Crippen molar-refractivity contribution >= 4 is 11.7 Å². The van der Waals surface area contributed by atoms with Crippen LogP contribution < -0.4 is 15.5 Å². The number of hydrogen-bond donors (Lipinski definition) is 2. The molecule has 0 saturated carbocycles. The lowest BCUT2D eigenvalue weighted by Gasteiger charge is -2.23. The van der Waals surface area contributed by atoms with Crippen LogP contribution in [-0.2, 0) is 18.4 Å². The lowest BCUT2D eigenvalue weighted by Crippen LogP contribution is -2.38. The van der Waals surface area contributed by atoms with E-state index in [0.717, 1.165) is 30.2 Å². The number of carbonyl (C=O) groups is 1. The number of amides is 1. The molecule has 108 valence electrons. The number of rotatable bonds is 7.